The van der Waals surface area contributed by atoms with Gasteiger partial charge in [-0.05, 0) is 45.4 Å². The monoisotopic (exact) mass is 302 g/mol. The number of aryl methyl sites for hydroxylation is 1. The molecule has 2 fully saturated rings. The average molecular weight is 302 g/mol. The number of hydrogen-bond donors (Lipinski definition) is 1. The number of benzene rings is 1. The molecular weight excluding hydrogens is 280 g/mol. The van der Waals surface area contributed by atoms with Crippen molar-refractivity contribution in [2.24, 2.45) is 0 Å². The predicted octanol–water partition coefficient (Wildman–Crippen LogP) is 2.86. The Morgan fingerprint density at radius 3 is 3.05 bits per heavy atom. The van der Waals surface area contributed by atoms with E-state index < -0.39 is 0 Å². The second-order valence-electron chi connectivity index (χ2n) is 6.40. The summed E-state index contributed by atoms with van der Waals surface area (Å²) >= 11 is 1.72. The number of nitrogens with zero attached hydrogens (tertiary/aromatic N) is 3. The minimum absolute atomic E-state index is 0.513. The molecule has 0 amide bonds. The Hall–Kier alpha value is -1.33. The molecule has 0 aliphatic carbocycles. The van der Waals surface area contributed by atoms with E-state index in [1.54, 1.807) is 11.3 Å². The molecular formula is C16H22N4S. The number of nitrogen functional groups attached to an aromatic ring is 1. The first-order valence-electron chi connectivity index (χ1n) is 7.79. The van der Waals surface area contributed by atoms with E-state index in [9.17, 15) is 0 Å². The maximum absolute atomic E-state index is 6.35. The minimum Gasteiger partial charge on any atom is -0.397 e. The van der Waals surface area contributed by atoms with Crippen molar-refractivity contribution in [2.75, 3.05) is 30.3 Å². The number of anilines is 2. The molecule has 2 aromatic rings. The van der Waals surface area contributed by atoms with Gasteiger partial charge >= 0.3 is 0 Å². The molecule has 0 spiro atoms. The van der Waals surface area contributed by atoms with E-state index in [1.165, 1.54) is 29.8 Å². The van der Waals surface area contributed by atoms with E-state index in [2.05, 4.69) is 40.8 Å². The van der Waals surface area contributed by atoms with E-state index in [4.69, 9.17) is 5.73 Å². The van der Waals surface area contributed by atoms with E-state index in [0.717, 1.165) is 29.3 Å². The van der Waals surface area contributed by atoms with E-state index in [-0.39, 0.29) is 0 Å². The molecule has 2 saturated heterocycles. The molecule has 0 radical (unpaired) electrons. The molecule has 4 nitrogen and oxygen atoms in total. The molecule has 1 aromatic heterocycles. The molecule has 21 heavy (non-hydrogen) atoms. The van der Waals surface area contributed by atoms with Crippen LogP contribution >= 0.6 is 11.3 Å². The van der Waals surface area contributed by atoms with Gasteiger partial charge in [-0.25, -0.2) is 4.98 Å². The lowest BCUT2D eigenvalue weighted by Crippen LogP contribution is -2.55. The van der Waals surface area contributed by atoms with Gasteiger partial charge in [-0.15, -0.1) is 11.3 Å². The second-order valence-corrected chi connectivity index (χ2v) is 7.64. The third kappa shape index (κ3) is 2.19. The molecule has 0 saturated carbocycles. The fourth-order valence-corrected chi connectivity index (χ4v) is 4.72. The van der Waals surface area contributed by atoms with Crippen LogP contribution in [-0.4, -0.2) is 41.6 Å². The van der Waals surface area contributed by atoms with Crippen molar-refractivity contribution in [1.82, 2.24) is 9.88 Å². The first kappa shape index (κ1) is 13.3. The molecule has 3 heterocycles. The molecule has 2 atom stereocenters. The highest BCUT2D eigenvalue weighted by molar-refractivity contribution is 7.18. The lowest BCUT2D eigenvalue weighted by Gasteiger charge is -2.44. The standard InChI is InChI=1S/C16H22N4S/c1-10-8-19-5-3-4-12(19)9-20(10)15-7-14-16(6-13(15)17)21-11(2)18-14/h6-7,10,12H,3-5,8-9,17H2,1-2H3. The van der Waals surface area contributed by atoms with Crippen LogP contribution in [0, 0.1) is 6.92 Å². The van der Waals surface area contributed by atoms with Gasteiger partial charge in [-0.1, -0.05) is 0 Å². The van der Waals surface area contributed by atoms with Crippen LogP contribution in [-0.2, 0) is 0 Å². The summed E-state index contributed by atoms with van der Waals surface area (Å²) in [6, 6.07) is 5.51. The Morgan fingerprint density at radius 2 is 2.19 bits per heavy atom. The molecule has 0 bridgehead atoms. The van der Waals surface area contributed by atoms with Crippen molar-refractivity contribution < 1.29 is 0 Å². The Bertz CT molecular complexity index is 680. The molecule has 2 aliphatic heterocycles. The zero-order valence-electron chi connectivity index (χ0n) is 12.7. The molecule has 2 N–H and O–H groups in total. The summed E-state index contributed by atoms with van der Waals surface area (Å²) in [5.74, 6) is 0. The SMILES string of the molecule is Cc1nc2cc(N3CC4CCCN4CC3C)c(N)cc2s1. The molecule has 1 aromatic carbocycles. The summed E-state index contributed by atoms with van der Waals surface area (Å²) < 4.78 is 1.20. The maximum Gasteiger partial charge on any atom is 0.0907 e. The highest BCUT2D eigenvalue weighted by Gasteiger charge is 2.35. The lowest BCUT2D eigenvalue weighted by molar-refractivity contribution is 0.203. The number of thiazole rings is 1. The number of piperazine rings is 1. The Morgan fingerprint density at radius 1 is 1.33 bits per heavy atom. The van der Waals surface area contributed by atoms with Crippen molar-refractivity contribution in [3.8, 4) is 0 Å². The largest absolute Gasteiger partial charge is 0.397 e. The van der Waals surface area contributed by atoms with Crippen LogP contribution in [0.2, 0.25) is 0 Å². The Labute approximate surface area is 129 Å². The zero-order valence-corrected chi connectivity index (χ0v) is 13.5. The maximum atomic E-state index is 6.35. The molecule has 5 heteroatoms. The summed E-state index contributed by atoms with van der Waals surface area (Å²) in [4.78, 5) is 9.76. The van der Waals surface area contributed by atoms with E-state index in [0.29, 0.717) is 12.1 Å². The molecule has 2 unspecified atom stereocenters. The van der Waals surface area contributed by atoms with Crippen LogP contribution in [0.3, 0.4) is 0 Å². The number of fused-ring (bicyclic) bond motifs is 2. The van der Waals surface area contributed by atoms with Gasteiger partial charge in [0.2, 0.25) is 0 Å². The smallest absolute Gasteiger partial charge is 0.0907 e. The summed E-state index contributed by atoms with van der Waals surface area (Å²) in [7, 11) is 0. The van der Waals surface area contributed by atoms with Crippen LogP contribution in [0.25, 0.3) is 10.2 Å². The lowest BCUT2D eigenvalue weighted by atomic mass is 10.1. The second kappa shape index (κ2) is 4.85. The van der Waals surface area contributed by atoms with Gasteiger partial charge in [-0.2, -0.15) is 0 Å². The van der Waals surface area contributed by atoms with Crippen LogP contribution in [0.5, 0.6) is 0 Å². The number of rotatable bonds is 1. The van der Waals surface area contributed by atoms with Gasteiger partial charge < -0.3 is 10.6 Å². The van der Waals surface area contributed by atoms with E-state index in [1.807, 2.05) is 0 Å². The van der Waals surface area contributed by atoms with Gasteiger partial charge in [-0.3, -0.25) is 4.90 Å². The van der Waals surface area contributed by atoms with Crippen molar-refractivity contribution in [3.63, 3.8) is 0 Å². The Balaban J connectivity index is 1.72. The molecule has 4 rings (SSSR count). The van der Waals surface area contributed by atoms with Gasteiger partial charge in [0.1, 0.15) is 0 Å². The van der Waals surface area contributed by atoms with Gasteiger partial charge in [0.15, 0.2) is 0 Å². The minimum atomic E-state index is 0.513. The Kier molecular flexibility index (Phi) is 3.08. The molecule has 2 aliphatic rings. The van der Waals surface area contributed by atoms with Gasteiger partial charge in [0.25, 0.3) is 0 Å². The van der Waals surface area contributed by atoms with Crippen molar-refractivity contribution >= 4 is 32.9 Å². The van der Waals surface area contributed by atoms with Crippen LogP contribution in [0.1, 0.15) is 24.8 Å². The van der Waals surface area contributed by atoms with Crippen molar-refractivity contribution in [1.29, 1.82) is 0 Å². The predicted molar refractivity (Wildman–Crippen MR) is 90.2 cm³/mol. The molecule has 112 valence electrons. The zero-order chi connectivity index (χ0) is 14.6. The normalized spacial score (nSPS) is 26.5. The summed E-state index contributed by atoms with van der Waals surface area (Å²) in [6.45, 7) is 7.88. The first-order valence-corrected chi connectivity index (χ1v) is 8.61. The number of nitrogens with two attached hydrogens (primary N) is 1. The highest BCUT2D eigenvalue weighted by atomic mass is 32.1. The first-order chi connectivity index (χ1) is 10.1. The van der Waals surface area contributed by atoms with Crippen molar-refractivity contribution in [3.05, 3.63) is 17.1 Å². The van der Waals surface area contributed by atoms with Gasteiger partial charge in [0.05, 0.1) is 26.6 Å². The summed E-state index contributed by atoms with van der Waals surface area (Å²) in [5, 5.41) is 1.11. The van der Waals surface area contributed by atoms with Gasteiger partial charge in [0, 0.05) is 25.2 Å². The average Bonchev–Trinajstić information content (AvgIpc) is 3.01. The third-order valence-corrected chi connectivity index (χ3v) is 5.82. The summed E-state index contributed by atoms with van der Waals surface area (Å²) in [6.07, 6.45) is 2.66. The van der Waals surface area contributed by atoms with Crippen LogP contribution in [0.4, 0.5) is 11.4 Å². The van der Waals surface area contributed by atoms with Crippen molar-refractivity contribution in [2.45, 2.75) is 38.8 Å². The summed E-state index contributed by atoms with van der Waals surface area (Å²) in [5.41, 5.74) is 9.50. The topological polar surface area (TPSA) is 45.4 Å². The van der Waals surface area contributed by atoms with Crippen LogP contribution < -0.4 is 10.6 Å². The number of hydrogen-bond acceptors (Lipinski definition) is 5. The van der Waals surface area contributed by atoms with E-state index >= 15 is 0 Å². The fourth-order valence-electron chi connectivity index (χ4n) is 3.87. The fraction of sp³-hybridized carbons (Fsp3) is 0.562. The quantitative estimate of drug-likeness (QED) is 0.823. The highest BCUT2D eigenvalue weighted by Crippen LogP contribution is 2.36. The number of aromatic nitrogens is 1. The van der Waals surface area contributed by atoms with Crippen LogP contribution in [0.15, 0.2) is 12.1 Å². The third-order valence-electron chi connectivity index (χ3n) is 4.89.